The van der Waals surface area contributed by atoms with Crippen LogP contribution in [0.2, 0.25) is 18.1 Å². The van der Waals surface area contributed by atoms with Crippen molar-refractivity contribution in [2.45, 2.75) is 179 Å². The van der Waals surface area contributed by atoms with Gasteiger partial charge in [-0.15, -0.1) is 0 Å². The Morgan fingerprint density at radius 1 is 0.899 bits per heavy atom. The summed E-state index contributed by atoms with van der Waals surface area (Å²) in [4.78, 5) is 69.9. The second-order valence-electron chi connectivity index (χ2n) is 21.5. The van der Waals surface area contributed by atoms with Gasteiger partial charge in [0, 0.05) is 58.3 Å². The maximum atomic E-state index is 14.9. The van der Waals surface area contributed by atoms with Crippen LogP contribution >= 0.6 is 9.47 Å². The Morgan fingerprint density at radius 3 is 2.03 bits per heavy atom. The average molecular weight is 998 g/mol. The van der Waals surface area contributed by atoms with Gasteiger partial charge in [-0.25, -0.2) is 14.4 Å². The van der Waals surface area contributed by atoms with Crippen molar-refractivity contribution >= 4 is 47.8 Å². The summed E-state index contributed by atoms with van der Waals surface area (Å²) in [5.41, 5.74) is -8.15. The van der Waals surface area contributed by atoms with E-state index in [-0.39, 0.29) is 31.4 Å². The number of nitrogens with one attached hydrogen (secondary N) is 1. The predicted molar refractivity (Wildman–Crippen MR) is 257 cm³/mol. The van der Waals surface area contributed by atoms with E-state index in [1.807, 2.05) is 13.8 Å². The molecule has 7 rings (SSSR count). The molecule has 0 spiro atoms. The van der Waals surface area contributed by atoms with Crippen molar-refractivity contribution in [3.8, 4) is 0 Å². The number of aliphatic hydroxyl groups excluding tert-OH is 1. The lowest BCUT2D eigenvalue weighted by Gasteiger charge is -2.69. The van der Waals surface area contributed by atoms with E-state index in [4.69, 9.17) is 37.4 Å². The molecule has 1 saturated heterocycles. The van der Waals surface area contributed by atoms with E-state index in [1.165, 1.54) is 13.8 Å². The quantitative estimate of drug-likeness (QED) is 0.0700. The number of carbonyl (C=O) groups excluding carboxylic acids is 5. The number of hydrogen-bond donors (Lipinski definition) is 3. The molecule has 16 nitrogen and oxygen atoms in total. The van der Waals surface area contributed by atoms with Crippen LogP contribution in [0, 0.1) is 28.1 Å². The van der Waals surface area contributed by atoms with Gasteiger partial charge in [0.25, 0.3) is 0 Å². The molecule has 18 heteroatoms. The van der Waals surface area contributed by atoms with Crippen molar-refractivity contribution in [2.24, 2.45) is 28.1 Å². The standard InChI is InChI=1S/C51H72NO15PSi/c1-12-69(13-2,14-3)67-35-25-36-50(28-60-36,64-31(6)54)39-41(63-43(56)33-23-19-16-20-24-33)51(59)26-34(29(4)49(27-47(49,51)10)42(61-30(5)53)40(55)48(35,39)11)62-44(57)38(66-68)37(32-21-17-15-18-22-32)52-45(58)65-46(7,8)9/h15-24,29,34-42,55,59H,12-14,25-28,68H2,1-11H3,(H,52,58)/t29?,34-,35-,36+,37-,38+,39-,40-,41-,42-,47?,48+,49?,50-,51+/m0/s1. The van der Waals surface area contributed by atoms with Crippen LogP contribution in [0.3, 0.4) is 0 Å². The zero-order valence-electron chi connectivity index (χ0n) is 41.8. The lowest BCUT2D eigenvalue weighted by molar-refractivity contribution is -0.370. The summed E-state index contributed by atoms with van der Waals surface area (Å²) >= 11 is 0. The van der Waals surface area contributed by atoms with Crippen LogP contribution in [0.4, 0.5) is 4.79 Å². The van der Waals surface area contributed by atoms with Crippen LogP contribution in [-0.2, 0) is 51.8 Å². The number of carbonyl (C=O) groups is 5. The highest BCUT2D eigenvalue weighted by Crippen LogP contribution is 2.82. The minimum atomic E-state index is -2.57. The molecular formula is C51H72NO15PSi. The van der Waals surface area contributed by atoms with E-state index in [0.29, 0.717) is 5.56 Å². The molecule has 1 aliphatic heterocycles. The molecular weight excluding hydrogens is 926 g/mol. The molecule has 380 valence electrons. The predicted octanol–water partition coefficient (Wildman–Crippen LogP) is 7.16. The Balaban J connectivity index is 1.43. The normalized spacial score (nSPS) is 36.4. The SMILES string of the molecule is CC[Si](CC)(CC)O[C@H]1C[C@H]2OC[C@@]2(OC(C)=O)[C@H]2[C@H](OC(=O)c3ccccc3)[C@]3(O)C[C@H](OC(=O)[C@H](OP)[C@@H](NC(=O)OC(C)(C)C)c4ccccc4)C(C)C4(CC43C)[C@@H](OC(C)=O)[C@H](O)[C@]12C. The van der Waals surface area contributed by atoms with Crippen molar-refractivity contribution in [3.63, 3.8) is 0 Å². The van der Waals surface area contributed by atoms with Gasteiger partial charge >= 0.3 is 30.0 Å². The Kier molecular flexibility index (Phi) is 14.7. The third-order valence-electron chi connectivity index (χ3n) is 16.9. The minimum Gasteiger partial charge on any atom is -0.460 e. The number of ether oxygens (including phenoxy) is 6. The number of aliphatic hydroxyl groups is 2. The fraction of sp³-hybridized carbons (Fsp3) is 0.667. The summed E-state index contributed by atoms with van der Waals surface area (Å²) < 4.78 is 51.2. The molecule has 4 aliphatic carbocycles. The molecule has 4 unspecified atom stereocenters. The molecule has 1 heterocycles. The number of hydrogen-bond acceptors (Lipinski definition) is 15. The third-order valence-corrected chi connectivity index (χ3v) is 21.9. The van der Waals surface area contributed by atoms with Gasteiger partial charge in [-0.3, -0.25) is 9.59 Å². The molecule has 3 N–H and O–H groups in total. The van der Waals surface area contributed by atoms with Crippen molar-refractivity contribution in [3.05, 3.63) is 71.8 Å². The van der Waals surface area contributed by atoms with Gasteiger partial charge in [0.2, 0.25) is 0 Å². The summed E-state index contributed by atoms with van der Waals surface area (Å²) in [5.74, 6) is -5.09. The fourth-order valence-corrected chi connectivity index (χ4v) is 16.3. The van der Waals surface area contributed by atoms with Gasteiger partial charge in [-0.1, -0.05) is 90.1 Å². The first-order chi connectivity index (χ1) is 32.4. The third kappa shape index (κ3) is 8.83. The summed E-state index contributed by atoms with van der Waals surface area (Å²) in [6, 6.07) is 18.1. The molecule has 0 aromatic heterocycles. The highest BCUT2D eigenvalue weighted by molar-refractivity contribution is 7.09. The van der Waals surface area contributed by atoms with E-state index >= 15 is 0 Å². The van der Waals surface area contributed by atoms with Crippen LogP contribution in [0.25, 0.3) is 0 Å². The number of esters is 4. The lowest BCUT2D eigenvalue weighted by Crippen LogP contribution is -2.83. The van der Waals surface area contributed by atoms with Gasteiger partial charge < -0.3 is 52.9 Å². The summed E-state index contributed by atoms with van der Waals surface area (Å²) in [6.07, 6.45) is -9.78. The molecule has 2 aromatic carbocycles. The summed E-state index contributed by atoms with van der Waals surface area (Å²) in [6.45, 7) is 19.2. The summed E-state index contributed by atoms with van der Waals surface area (Å²) in [7, 11) is -0.496. The van der Waals surface area contributed by atoms with E-state index in [0.717, 1.165) is 18.1 Å². The topological polar surface area (TPSA) is 212 Å². The van der Waals surface area contributed by atoms with E-state index in [9.17, 15) is 34.2 Å². The van der Waals surface area contributed by atoms with Gasteiger partial charge in [0.1, 0.15) is 35.6 Å². The van der Waals surface area contributed by atoms with Crippen molar-refractivity contribution in [2.75, 3.05) is 6.61 Å². The smallest absolute Gasteiger partial charge is 0.408 e. The van der Waals surface area contributed by atoms with Gasteiger partial charge in [-0.2, -0.15) is 0 Å². The Hall–Kier alpha value is -3.96. The molecule has 5 aliphatic rings. The molecule has 5 fully saturated rings. The first kappa shape index (κ1) is 52.9. The Labute approximate surface area is 408 Å². The second-order valence-corrected chi connectivity index (χ2v) is 26.5. The Morgan fingerprint density at radius 2 is 1.51 bits per heavy atom. The highest BCUT2D eigenvalue weighted by atomic mass is 31.0. The molecule has 2 bridgehead atoms. The number of rotatable bonds is 15. The van der Waals surface area contributed by atoms with Gasteiger partial charge in [0.05, 0.1) is 36.3 Å². The molecule has 0 radical (unpaired) electrons. The van der Waals surface area contributed by atoms with E-state index in [1.54, 1.807) is 88.4 Å². The largest absolute Gasteiger partial charge is 0.460 e. The monoisotopic (exact) mass is 997 g/mol. The van der Waals surface area contributed by atoms with Crippen molar-refractivity contribution < 1.29 is 71.6 Å². The number of alkyl carbamates (subject to hydrolysis) is 1. The number of benzene rings is 2. The van der Waals surface area contributed by atoms with Crippen molar-refractivity contribution in [1.29, 1.82) is 0 Å². The molecule has 1 amide bonds. The molecule has 16 atom stereocenters. The average Bonchev–Trinajstić information content (AvgIpc) is 3.96. The first-order valence-electron chi connectivity index (χ1n) is 24.3. The fourth-order valence-electron chi connectivity index (χ4n) is 13.1. The molecule has 4 saturated carbocycles. The van der Waals surface area contributed by atoms with Crippen molar-refractivity contribution in [1.82, 2.24) is 5.32 Å². The van der Waals surface area contributed by atoms with Gasteiger partial charge in [0.15, 0.2) is 20.0 Å². The van der Waals surface area contributed by atoms with Crippen LogP contribution in [0.1, 0.15) is 117 Å². The zero-order chi connectivity index (χ0) is 50.7. The molecule has 69 heavy (non-hydrogen) atoms. The van der Waals surface area contributed by atoms with Crippen LogP contribution < -0.4 is 5.32 Å². The van der Waals surface area contributed by atoms with Crippen LogP contribution in [0.5, 0.6) is 0 Å². The maximum Gasteiger partial charge on any atom is 0.408 e. The van der Waals surface area contributed by atoms with Crippen LogP contribution in [-0.4, -0.2) is 115 Å². The van der Waals surface area contributed by atoms with Gasteiger partial charge in [-0.05, 0) is 63.0 Å². The van der Waals surface area contributed by atoms with E-state index < -0.39 is 132 Å². The van der Waals surface area contributed by atoms with Crippen LogP contribution in [0.15, 0.2) is 60.7 Å². The Bertz CT molecular complexity index is 2240. The second kappa shape index (κ2) is 19.2. The highest BCUT2D eigenvalue weighted by Gasteiger charge is 2.89. The minimum absolute atomic E-state index is 0.128. The number of fused-ring (bicyclic) bond motifs is 3. The number of amides is 1. The molecule has 2 aromatic rings. The first-order valence-corrected chi connectivity index (χ1v) is 27.3. The zero-order valence-corrected chi connectivity index (χ0v) is 43.9. The maximum absolute atomic E-state index is 14.9. The summed E-state index contributed by atoms with van der Waals surface area (Å²) in [5, 5.41) is 30.7. The van der Waals surface area contributed by atoms with E-state index in [2.05, 4.69) is 35.6 Å². The lowest BCUT2D eigenvalue weighted by atomic mass is 9.45.